The minimum Gasteiger partial charge on any atom is -0.391 e. The Morgan fingerprint density at radius 1 is 1.60 bits per heavy atom. The molecule has 0 radical (unpaired) electrons. The average molecular weight is 233 g/mol. The van der Waals surface area contributed by atoms with Gasteiger partial charge in [0.2, 0.25) is 0 Å². The summed E-state index contributed by atoms with van der Waals surface area (Å²) in [5.41, 5.74) is 0. The van der Waals surface area contributed by atoms with E-state index >= 15 is 0 Å². The van der Waals surface area contributed by atoms with Gasteiger partial charge in [0, 0.05) is 24.2 Å². The lowest BCUT2D eigenvalue weighted by atomic mass is 10.3. The van der Waals surface area contributed by atoms with Gasteiger partial charge in [-0.05, 0) is 26.3 Å². The van der Waals surface area contributed by atoms with Crippen molar-refractivity contribution in [3.8, 4) is 0 Å². The fourth-order valence-corrected chi connectivity index (χ4v) is 2.87. The zero-order chi connectivity index (χ0) is 11.1. The molecule has 2 N–H and O–H groups in total. The van der Waals surface area contributed by atoms with Gasteiger partial charge in [-0.1, -0.05) is 6.92 Å². The molecule has 1 rings (SSSR count). The molecule has 1 aliphatic heterocycles. The van der Waals surface area contributed by atoms with Crippen molar-refractivity contribution in [2.24, 2.45) is 0 Å². The van der Waals surface area contributed by atoms with Crippen molar-refractivity contribution < 1.29 is 9.84 Å². The molecule has 3 atom stereocenters. The number of ether oxygens (including phenoxy) is 1. The smallest absolute Gasteiger partial charge is 0.0754 e. The molecule has 0 aromatic rings. The molecule has 3 nitrogen and oxygen atoms in total. The zero-order valence-electron chi connectivity index (χ0n) is 9.74. The molecular weight excluding hydrogens is 210 g/mol. The number of hydrogen-bond acceptors (Lipinski definition) is 4. The van der Waals surface area contributed by atoms with Gasteiger partial charge in [-0.25, -0.2) is 0 Å². The molecule has 0 aliphatic carbocycles. The molecule has 0 saturated carbocycles. The Balaban J connectivity index is 2.03. The summed E-state index contributed by atoms with van der Waals surface area (Å²) in [6.45, 7) is 6.83. The predicted molar refractivity (Wildman–Crippen MR) is 65.4 cm³/mol. The summed E-state index contributed by atoms with van der Waals surface area (Å²) in [6.07, 6.45) is 2.37. The number of aliphatic hydroxyl groups excluding tert-OH is 1. The Hall–Kier alpha value is 0.230. The van der Waals surface area contributed by atoms with Crippen LogP contribution in [-0.2, 0) is 4.74 Å². The maximum Gasteiger partial charge on any atom is 0.0754 e. The van der Waals surface area contributed by atoms with Crippen LogP contribution in [0.15, 0.2) is 0 Å². The molecule has 1 saturated heterocycles. The van der Waals surface area contributed by atoms with Crippen LogP contribution in [0.25, 0.3) is 0 Å². The van der Waals surface area contributed by atoms with Gasteiger partial charge in [0.1, 0.15) is 0 Å². The number of rotatable bonds is 7. The maximum atomic E-state index is 9.70. The highest BCUT2D eigenvalue weighted by molar-refractivity contribution is 8.00. The summed E-state index contributed by atoms with van der Waals surface area (Å²) >= 11 is 1.84. The first kappa shape index (κ1) is 13.3. The SMILES string of the molecule is CCCNCC(O)CSC1CCOC1C. The molecule has 3 unspecified atom stereocenters. The number of nitrogens with one attached hydrogen (secondary N) is 1. The highest BCUT2D eigenvalue weighted by atomic mass is 32.2. The molecule has 1 fully saturated rings. The highest BCUT2D eigenvalue weighted by Gasteiger charge is 2.24. The van der Waals surface area contributed by atoms with E-state index in [1.165, 1.54) is 0 Å². The minimum atomic E-state index is -0.227. The minimum absolute atomic E-state index is 0.227. The van der Waals surface area contributed by atoms with Crippen molar-refractivity contribution in [3.63, 3.8) is 0 Å². The molecule has 0 aromatic heterocycles. The third kappa shape index (κ3) is 5.20. The van der Waals surface area contributed by atoms with Crippen molar-refractivity contribution in [3.05, 3.63) is 0 Å². The third-order valence-corrected chi connectivity index (χ3v) is 4.24. The molecular formula is C11H23NO2S. The molecule has 1 aliphatic rings. The van der Waals surface area contributed by atoms with E-state index in [4.69, 9.17) is 4.74 Å². The number of hydrogen-bond donors (Lipinski definition) is 2. The lowest BCUT2D eigenvalue weighted by molar-refractivity contribution is 0.127. The lowest BCUT2D eigenvalue weighted by Crippen LogP contribution is -2.30. The van der Waals surface area contributed by atoms with Gasteiger partial charge < -0.3 is 15.2 Å². The van der Waals surface area contributed by atoms with E-state index in [1.54, 1.807) is 0 Å². The standard InChI is InChI=1S/C11H23NO2S/c1-3-5-12-7-10(13)8-15-11-4-6-14-9(11)2/h9-13H,3-8H2,1-2H3. The largest absolute Gasteiger partial charge is 0.391 e. The summed E-state index contributed by atoms with van der Waals surface area (Å²) in [4.78, 5) is 0. The number of aliphatic hydroxyl groups is 1. The zero-order valence-corrected chi connectivity index (χ0v) is 10.6. The molecule has 90 valence electrons. The van der Waals surface area contributed by atoms with Gasteiger partial charge in [-0.2, -0.15) is 11.8 Å². The normalized spacial score (nSPS) is 28.2. The van der Waals surface area contributed by atoms with Crippen LogP contribution in [0, 0.1) is 0 Å². The Labute approximate surface area is 97.0 Å². The van der Waals surface area contributed by atoms with E-state index in [0.717, 1.165) is 31.7 Å². The highest BCUT2D eigenvalue weighted by Crippen LogP contribution is 2.26. The predicted octanol–water partition coefficient (Wildman–Crippen LogP) is 1.26. The van der Waals surface area contributed by atoms with Crippen LogP contribution in [-0.4, -0.2) is 48.0 Å². The van der Waals surface area contributed by atoms with Gasteiger partial charge >= 0.3 is 0 Å². The Kier molecular flexibility index (Phi) is 6.64. The Morgan fingerprint density at radius 3 is 3.00 bits per heavy atom. The molecule has 0 aromatic carbocycles. The van der Waals surface area contributed by atoms with Crippen LogP contribution in [0.3, 0.4) is 0 Å². The monoisotopic (exact) mass is 233 g/mol. The summed E-state index contributed by atoms with van der Waals surface area (Å²) in [5.74, 6) is 0.815. The fourth-order valence-electron chi connectivity index (χ4n) is 1.67. The van der Waals surface area contributed by atoms with Gasteiger partial charge in [0.15, 0.2) is 0 Å². The lowest BCUT2D eigenvalue weighted by Gasteiger charge is -2.16. The van der Waals surface area contributed by atoms with Crippen LogP contribution in [0.5, 0.6) is 0 Å². The van der Waals surface area contributed by atoms with Crippen molar-refractivity contribution in [1.29, 1.82) is 0 Å². The topological polar surface area (TPSA) is 41.5 Å². The summed E-state index contributed by atoms with van der Waals surface area (Å²) in [7, 11) is 0. The van der Waals surface area contributed by atoms with Gasteiger partial charge in [0.05, 0.1) is 12.2 Å². The quantitative estimate of drug-likeness (QED) is 0.650. The van der Waals surface area contributed by atoms with E-state index in [2.05, 4.69) is 19.2 Å². The number of thioether (sulfide) groups is 1. The van der Waals surface area contributed by atoms with Gasteiger partial charge in [0.25, 0.3) is 0 Å². The van der Waals surface area contributed by atoms with E-state index < -0.39 is 0 Å². The van der Waals surface area contributed by atoms with E-state index in [1.807, 2.05) is 11.8 Å². The summed E-state index contributed by atoms with van der Waals surface area (Å²) in [6, 6.07) is 0. The van der Waals surface area contributed by atoms with Crippen LogP contribution in [0.1, 0.15) is 26.7 Å². The average Bonchev–Trinajstić information content (AvgIpc) is 2.61. The first-order chi connectivity index (χ1) is 7.24. The second-order valence-corrected chi connectivity index (χ2v) is 5.37. The Morgan fingerprint density at radius 2 is 2.40 bits per heavy atom. The van der Waals surface area contributed by atoms with E-state index in [-0.39, 0.29) is 6.10 Å². The van der Waals surface area contributed by atoms with Crippen molar-refractivity contribution in [1.82, 2.24) is 5.32 Å². The van der Waals surface area contributed by atoms with Crippen LogP contribution in [0.4, 0.5) is 0 Å². The third-order valence-electron chi connectivity index (χ3n) is 2.62. The van der Waals surface area contributed by atoms with Crippen LogP contribution >= 0.6 is 11.8 Å². The molecule has 0 spiro atoms. The van der Waals surface area contributed by atoms with Gasteiger partial charge in [-0.15, -0.1) is 0 Å². The fraction of sp³-hybridized carbons (Fsp3) is 1.00. The van der Waals surface area contributed by atoms with Crippen molar-refractivity contribution in [2.45, 2.75) is 44.1 Å². The van der Waals surface area contributed by atoms with Crippen LogP contribution in [0.2, 0.25) is 0 Å². The Bertz CT molecular complexity index is 169. The summed E-state index contributed by atoms with van der Waals surface area (Å²) < 4.78 is 5.48. The van der Waals surface area contributed by atoms with E-state index in [0.29, 0.717) is 17.9 Å². The summed E-state index contributed by atoms with van der Waals surface area (Å²) in [5, 5.41) is 13.5. The molecule has 0 amide bonds. The first-order valence-corrected chi connectivity index (χ1v) is 6.91. The van der Waals surface area contributed by atoms with Crippen molar-refractivity contribution >= 4 is 11.8 Å². The maximum absolute atomic E-state index is 9.70. The first-order valence-electron chi connectivity index (χ1n) is 5.86. The molecule has 1 heterocycles. The van der Waals surface area contributed by atoms with E-state index in [9.17, 15) is 5.11 Å². The van der Waals surface area contributed by atoms with Crippen molar-refractivity contribution in [2.75, 3.05) is 25.4 Å². The van der Waals surface area contributed by atoms with Crippen LogP contribution < -0.4 is 5.32 Å². The second kappa shape index (κ2) is 7.49. The molecule has 0 bridgehead atoms. The molecule has 15 heavy (non-hydrogen) atoms. The van der Waals surface area contributed by atoms with Gasteiger partial charge in [-0.3, -0.25) is 0 Å². The second-order valence-electron chi connectivity index (χ2n) is 4.09. The molecule has 4 heteroatoms.